The lowest BCUT2D eigenvalue weighted by Crippen LogP contribution is -2.31. The highest BCUT2D eigenvalue weighted by Gasteiger charge is 2.31. The van der Waals surface area contributed by atoms with E-state index in [-0.39, 0.29) is 6.54 Å². The van der Waals surface area contributed by atoms with Crippen LogP contribution in [0.5, 0.6) is 0 Å². The molecular formula is C27H36F3N3. The highest BCUT2D eigenvalue weighted by Crippen LogP contribution is 2.32. The lowest BCUT2D eigenvalue weighted by molar-refractivity contribution is -0.0877. The molecule has 2 rings (SSSR count). The van der Waals surface area contributed by atoms with Gasteiger partial charge < -0.3 is 16.4 Å². The fourth-order valence-electron chi connectivity index (χ4n) is 3.88. The molecule has 6 heteroatoms. The molecule has 3 nitrogen and oxygen atoms in total. The Morgan fingerprint density at radius 1 is 1.15 bits per heavy atom. The second kappa shape index (κ2) is 11.4. The van der Waals surface area contributed by atoms with Crippen molar-refractivity contribution in [1.82, 2.24) is 0 Å². The zero-order valence-electron chi connectivity index (χ0n) is 20.2. The van der Waals surface area contributed by atoms with E-state index >= 15 is 0 Å². The first-order valence-corrected chi connectivity index (χ1v) is 11.3. The average molecular weight is 460 g/mol. The van der Waals surface area contributed by atoms with E-state index in [2.05, 4.69) is 43.2 Å². The van der Waals surface area contributed by atoms with Crippen LogP contribution >= 0.6 is 0 Å². The Labute approximate surface area is 196 Å². The molecule has 0 radical (unpaired) electrons. The summed E-state index contributed by atoms with van der Waals surface area (Å²) < 4.78 is 39.9. The van der Waals surface area contributed by atoms with Crippen molar-refractivity contribution in [1.29, 1.82) is 0 Å². The van der Waals surface area contributed by atoms with Gasteiger partial charge in [-0.1, -0.05) is 51.1 Å². The van der Waals surface area contributed by atoms with Crippen molar-refractivity contribution < 1.29 is 13.2 Å². The largest absolute Gasteiger partial charge is 0.415 e. The number of alkyl halides is 3. The van der Waals surface area contributed by atoms with Crippen LogP contribution in [-0.4, -0.2) is 25.8 Å². The van der Waals surface area contributed by atoms with Crippen LogP contribution in [0.15, 0.2) is 54.6 Å². The Hall–Kier alpha value is -2.73. The summed E-state index contributed by atoms with van der Waals surface area (Å²) in [5.41, 5.74) is 11.6. The molecule has 180 valence electrons. The number of rotatable bonds is 10. The summed E-state index contributed by atoms with van der Waals surface area (Å²) >= 11 is 0. The maximum atomic E-state index is 13.3. The molecule has 0 amide bonds. The zero-order valence-corrected chi connectivity index (χ0v) is 20.2. The number of nitrogens with two attached hydrogens (primary N) is 1. The van der Waals surface area contributed by atoms with Gasteiger partial charge in [0.25, 0.3) is 0 Å². The lowest BCUT2D eigenvalue weighted by Gasteiger charge is -2.23. The van der Waals surface area contributed by atoms with Gasteiger partial charge in [-0.25, -0.2) is 0 Å². The van der Waals surface area contributed by atoms with Crippen LogP contribution in [0.25, 0.3) is 5.57 Å². The summed E-state index contributed by atoms with van der Waals surface area (Å²) in [6, 6.07) is 11.1. The first-order valence-electron chi connectivity index (χ1n) is 11.3. The summed E-state index contributed by atoms with van der Waals surface area (Å²) in [6.07, 6.45) is -1.27. The van der Waals surface area contributed by atoms with E-state index < -0.39 is 17.8 Å². The minimum atomic E-state index is -4.51. The number of aryl methyl sites for hydroxylation is 1. The zero-order chi connectivity index (χ0) is 24.8. The van der Waals surface area contributed by atoms with Crippen LogP contribution in [0.4, 0.5) is 24.5 Å². The number of hydrogen-bond donors (Lipinski definition) is 3. The Balaban J connectivity index is 2.38. The quantitative estimate of drug-likeness (QED) is 0.330. The van der Waals surface area contributed by atoms with Crippen molar-refractivity contribution >= 4 is 16.9 Å². The maximum Gasteiger partial charge on any atom is 0.415 e. The van der Waals surface area contributed by atoms with Crippen LogP contribution in [0, 0.1) is 13.8 Å². The molecular weight excluding hydrogens is 423 g/mol. The van der Waals surface area contributed by atoms with Crippen LogP contribution in [0.2, 0.25) is 0 Å². The van der Waals surface area contributed by atoms with Gasteiger partial charge in [-0.15, -0.1) is 0 Å². The van der Waals surface area contributed by atoms with Gasteiger partial charge >= 0.3 is 6.18 Å². The van der Waals surface area contributed by atoms with E-state index in [1.807, 2.05) is 45.2 Å². The lowest BCUT2D eigenvalue weighted by atomic mass is 9.91. The van der Waals surface area contributed by atoms with Crippen LogP contribution < -0.4 is 16.4 Å². The topological polar surface area (TPSA) is 50.1 Å². The van der Waals surface area contributed by atoms with E-state index in [1.54, 1.807) is 0 Å². The average Bonchev–Trinajstić information content (AvgIpc) is 2.77. The number of allylic oxidation sites excluding steroid dienone is 2. The molecule has 0 heterocycles. The van der Waals surface area contributed by atoms with E-state index in [1.165, 1.54) is 5.56 Å². The highest BCUT2D eigenvalue weighted by atomic mass is 19.4. The molecule has 4 N–H and O–H groups in total. The number of hydrogen-bond acceptors (Lipinski definition) is 3. The minimum Gasteiger partial charge on any atom is -0.386 e. The number of anilines is 2. The number of halogens is 3. The van der Waals surface area contributed by atoms with E-state index in [0.29, 0.717) is 17.1 Å². The predicted octanol–water partition coefficient (Wildman–Crippen LogP) is 7.19. The molecule has 0 aromatic heterocycles. The summed E-state index contributed by atoms with van der Waals surface area (Å²) in [4.78, 5) is 0. The van der Waals surface area contributed by atoms with Crippen molar-refractivity contribution in [2.75, 3.05) is 24.2 Å². The first-order chi connectivity index (χ1) is 15.5. The van der Waals surface area contributed by atoms with Gasteiger partial charge in [0.05, 0.1) is 11.4 Å². The van der Waals surface area contributed by atoms with Crippen molar-refractivity contribution in [3.8, 4) is 0 Å². The fourth-order valence-corrected chi connectivity index (χ4v) is 3.88. The minimum absolute atomic E-state index is 0.268. The molecule has 0 aliphatic heterocycles. The second-order valence-electron chi connectivity index (χ2n) is 8.60. The van der Waals surface area contributed by atoms with Gasteiger partial charge in [-0.05, 0) is 72.2 Å². The van der Waals surface area contributed by atoms with E-state index in [9.17, 15) is 13.2 Å². The molecule has 2 aromatic rings. The molecule has 0 fully saturated rings. The molecule has 2 aromatic carbocycles. The van der Waals surface area contributed by atoms with Crippen molar-refractivity contribution in [3.63, 3.8) is 0 Å². The van der Waals surface area contributed by atoms with Crippen LogP contribution in [0.1, 0.15) is 54.9 Å². The van der Waals surface area contributed by atoms with E-state index in [0.717, 1.165) is 41.4 Å². The monoisotopic (exact) mass is 459 g/mol. The van der Waals surface area contributed by atoms with Gasteiger partial charge in [0, 0.05) is 25.2 Å². The SMILES string of the molecule is C=C(C=C(c1cccc(C)c1C)C(N)CNc1cc(C(C)CCC)ccc1NC)C(F)(F)F. The Morgan fingerprint density at radius 3 is 2.45 bits per heavy atom. The molecule has 2 unspecified atom stereocenters. The summed E-state index contributed by atoms with van der Waals surface area (Å²) in [7, 11) is 1.84. The smallest absolute Gasteiger partial charge is 0.386 e. The fraction of sp³-hybridized carbons (Fsp3) is 0.407. The highest BCUT2D eigenvalue weighted by molar-refractivity contribution is 5.76. The Morgan fingerprint density at radius 2 is 1.85 bits per heavy atom. The van der Waals surface area contributed by atoms with Gasteiger partial charge in [0.2, 0.25) is 0 Å². The Bertz CT molecular complexity index is 993. The molecule has 0 saturated heterocycles. The number of nitrogens with one attached hydrogen (secondary N) is 2. The van der Waals surface area contributed by atoms with Crippen molar-refractivity contribution in [3.05, 3.63) is 76.9 Å². The summed E-state index contributed by atoms with van der Waals surface area (Å²) in [5.74, 6) is 0.413. The molecule has 0 aliphatic carbocycles. The molecule has 2 atom stereocenters. The third-order valence-electron chi connectivity index (χ3n) is 6.13. The van der Waals surface area contributed by atoms with Gasteiger partial charge in [-0.3, -0.25) is 0 Å². The third-order valence-corrected chi connectivity index (χ3v) is 6.13. The van der Waals surface area contributed by atoms with Crippen molar-refractivity contribution in [2.45, 2.75) is 58.7 Å². The molecule has 0 spiro atoms. The van der Waals surface area contributed by atoms with Gasteiger partial charge in [0.15, 0.2) is 0 Å². The normalized spacial score (nSPS) is 14.0. The molecule has 0 aliphatic rings. The Kier molecular flexibility index (Phi) is 9.17. The molecule has 0 saturated carbocycles. The standard InChI is InChI=1S/C27H36F3N3/c1-7-9-18(3)21-12-13-25(32-6)26(15-21)33-16-24(31)23(14-19(4)27(28,29)30)22-11-8-10-17(2)20(22)5/h8,10-15,18,24,32-33H,4,7,9,16,31H2,1-3,5-6H3. The van der Waals surface area contributed by atoms with Crippen LogP contribution in [0.3, 0.4) is 0 Å². The van der Waals surface area contributed by atoms with Crippen molar-refractivity contribution in [2.24, 2.45) is 5.73 Å². The maximum absolute atomic E-state index is 13.3. The second-order valence-corrected chi connectivity index (χ2v) is 8.60. The third kappa shape index (κ3) is 6.87. The van der Waals surface area contributed by atoms with E-state index in [4.69, 9.17) is 5.73 Å². The molecule has 0 bridgehead atoms. The molecule has 33 heavy (non-hydrogen) atoms. The summed E-state index contributed by atoms with van der Waals surface area (Å²) in [6.45, 7) is 11.7. The van der Waals surface area contributed by atoms with Crippen LogP contribution in [-0.2, 0) is 0 Å². The summed E-state index contributed by atoms with van der Waals surface area (Å²) in [5, 5.41) is 6.52. The first kappa shape index (κ1) is 26.5. The number of benzene rings is 2. The van der Waals surface area contributed by atoms with Gasteiger partial charge in [-0.2, -0.15) is 13.2 Å². The predicted molar refractivity (Wildman–Crippen MR) is 135 cm³/mol. The van der Waals surface area contributed by atoms with Gasteiger partial charge in [0.1, 0.15) is 0 Å².